The number of hydrogen-bond donors (Lipinski definition) is 1. The van der Waals surface area contributed by atoms with Crippen molar-refractivity contribution in [1.29, 1.82) is 0 Å². The number of amidine groups is 1. The summed E-state index contributed by atoms with van der Waals surface area (Å²) in [5.74, 6) is 0.766. The van der Waals surface area contributed by atoms with Gasteiger partial charge in [0.2, 0.25) is 0 Å². The highest BCUT2D eigenvalue weighted by molar-refractivity contribution is 5.92. The van der Waals surface area contributed by atoms with Gasteiger partial charge < -0.3 is 0 Å². The van der Waals surface area contributed by atoms with E-state index < -0.39 is 0 Å². The second kappa shape index (κ2) is 6.52. The molecule has 0 unspecified atom stereocenters. The van der Waals surface area contributed by atoms with Crippen LogP contribution in [0.3, 0.4) is 0 Å². The lowest BCUT2D eigenvalue weighted by molar-refractivity contribution is -0.556. The van der Waals surface area contributed by atoms with E-state index in [4.69, 9.17) is 5.10 Å². The van der Waals surface area contributed by atoms with E-state index in [2.05, 4.69) is 39.7 Å². The molecule has 24 heavy (non-hydrogen) atoms. The molecule has 0 saturated heterocycles. The zero-order chi connectivity index (χ0) is 16.2. The Labute approximate surface area is 140 Å². The van der Waals surface area contributed by atoms with Gasteiger partial charge in [-0.1, -0.05) is 36.4 Å². The summed E-state index contributed by atoms with van der Waals surface area (Å²) in [4.78, 5) is 4.20. The Morgan fingerprint density at radius 3 is 2.17 bits per heavy atom. The number of nitrogens with one attached hydrogen (secondary N) is 1. The molecule has 5 heteroatoms. The summed E-state index contributed by atoms with van der Waals surface area (Å²) in [5.41, 5.74) is 6.45. The molecule has 3 aromatic rings. The molecule has 0 fully saturated rings. The minimum Gasteiger partial charge on any atom is -0.264 e. The van der Waals surface area contributed by atoms with Crippen molar-refractivity contribution in [2.75, 3.05) is 16.7 Å². The van der Waals surface area contributed by atoms with Gasteiger partial charge in [-0.25, -0.2) is 5.01 Å². The number of hydrazine groups is 1. The largest absolute Gasteiger partial charge is 0.328 e. The number of rotatable bonds is 3. The third-order valence-electron chi connectivity index (χ3n) is 3.79. The minimum absolute atomic E-state index is 0.609. The van der Waals surface area contributed by atoms with Gasteiger partial charge in [0.05, 0.1) is 16.9 Å². The molecular formula is C19H17N5+. The normalized spacial score (nSPS) is 14.4. The highest BCUT2D eigenvalue weighted by atomic mass is 15.7. The first-order valence-electron chi connectivity index (χ1n) is 7.81. The fourth-order valence-corrected chi connectivity index (χ4v) is 2.59. The van der Waals surface area contributed by atoms with E-state index in [1.165, 1.54) is 0 Å². The second-order valence-electron chi connectivity index (χ2n) is 5.44. The van der Waals surface area contributed by atoms with Gasteiger partial charge in [-0.2, -0.15) is 0 Å². The molecule has 5 nitrogen and oxygen atoms in total. The lowest BCUT2D eigenvalue weighted by Crippen LogP contribution is -3.00. The molecule has 117 valence electrons. The van der Waals surface area contributed by atoms with E-state index in [1.54, 1.807) is 6.20 Å². The smallest absolute Gasteiger partial charge is 0.264 e. The van der Waals surface area contributed by atoms with Gasteiger partial charge in [0.25, 0.3) is 0 Å². The molecule has 1 aliphatic heterocycles. The molecule has 1 aromatic heterocycles. The van der Waals surface area contributed by atoms with E-state index in [9.17, 15) is 0 Å². The monoisotopic (exact) mass is 315 g/mol. The van der Waals surface area contributed by atoms with E-state index in [0.29, 0.717) is 6.67 Å². The predicted molar refractivity (Wildman–Crippen MR) is 94.4 cm³/mol. The number of anilines is 2. The summed E-state index contributed by atoms with van der Waals surface area (Å²) in [6.07, 6.45) is 3.57. The van der Waals surface area contributed by atoms with Crippen LogP contribution in [0.1, 0.15) is 5.56 Å². The van der Waals surface area contributed by atoms with E-state index in [0.717, 1.165) is 22.8 Å². The Balaban J connectivity index is 1.73. The molecule has 0 aliphatic carbocycles. The van der Waals surface area contributed by atoms with Crippen LogP contribution in [0, 0.1) is 0 Å². The SMILES string of the molecule is c1ccc(N2CN(c3ccccc3)[NH+]C(c3cccnc3)=N2)cc1. The number of pyridine rings is 1. The van der Waals surface area contributed by atoms with E-state index in [1.807, 2.05) is 59.7 Å². The van der Waals surface area contributed by atoms with Crippen LogP contribution in [-0.4, -0.2) is 17.5 Å². The first-order chi connectivity index (χ1) is 11.9. The number of hydrogen-bond acceptors (Lipinski definition) is 5. The zero-order valence-electron chi connectivity index (χ0n) is 13.1. The van der Waals surface area contributed by atoms with Crippen molar-refractivity contribution in [3.05, 3.63) is 90.8 Å². The molecule has 0 atom stereocenters. The van der Waals surface area contributed by atoms with Crippen molar-refractivity contribution in [3.8, 4) is 0 Å². The highest BCUT2D eigenvalue weighted by Crippen LogP contribution is 2.18. The number of para-hydroxylation sites is 2. The van der Waals surface area contributed by atoms with Crippen LogP contribution >= 0.6 is 0 Å². The molecule has 1 aliphatic rings. The molecule has 4 rings (SSSR count). The van der Waals surface area contributed by atoms with Gasteiger partial charge >= 0.3 is 5.84 Å². The summed E-state index contributed by atoms with van der Waals surface area (Å²) in [5, 5.41) is 8.81. The maximum Gasteiger partial charge on any atom is 0.328 e. The fourth-order valence-electron chi connectivity index (χ4n) is 2.59. The summed E-state index contributed by atoms with van der Waals surface area (Å²) in [7, 11) is 0. The number of nitrogens with zero attached hydrogens (tertiary/aromatic N) is 4. The minimum atomic E-state index is 0.609. The third-order valence-corrected chi connectivity index (χ3v) is 3.79. The Morgan fingerprint density at radius 2 is 1.50 bits per heavy atom. The van der Waals surface area contributed by atoms with Crippen LogP contribution in [0.2, 0.25) is 0 Å². The van der Waals surface area contributed by atoms with Crippen LogP contribution in [0.15, 0.2) is 90.3 Å². The van der Waals surface area contributed by atoms with Gasteiger partial charge in [-0.3, -0.25) is 4.98 Å². The summed E-state index contributed by atoms with van der Waals surface area (Å²) < 4.78 is 0. The Kier molecular flexibility index (Phi) is 3.91. The molecule has 0 spiro atoms. The third kappa shape index (κ3) is 2.98. The van der Waals surface area contributed by atoms with Crippen molar-refractivity contribution < 1.29 is 5.43 Å². The molecule has 0 amide bonds. The van der Waals surface area contributed by atoms with Gasteiger partial charge in [0.15, 0.2) is 6.67 Å². The van der Waals surface area contributed by atoms with Gasteiger partial charge in [0, 0.05) is 12.4 Å². The summed E-state index contributed by atoms with van der Waals surface area (Å²) in [6, 6.07) is 24.3. The van der Waals surface area contributed by atoms with Crippen LogP contribution in [0.5, 0.6) is 0 Å². The predicted octanol–water partition coefficient (Wildman–Crippen LogP) is 1.99. The van der Waals surface area contributed by atoms with E-state index in [-0.39, 0.29) is 0 Å². The van der Waals surface area contributed by atoms with Crippen LogP contribution < -0.4 is 15.4 Å². The Hall–Kier alpha value is -3.18. The second-order valence-corrected chi connectivity index (χ2v) is 5.44. The van der Waals surface area contributed by atoms with Gasteiger partial charge in [-0.05, 0) is 41.8 Å². The molecule has 0 bridgehead atoms. The Bertz CT molecular complexity index is 818. The molecule has 2 heterocycles. The maximum atomic E-state index is 4.76. The summed E-state index contributed by atoms with van der Waals surface area (Å²) >= 11 is 0. The first-order valence-corrected chi connectivity index (χ1v) is 7.81. The van der Waals surface area contributed by atoms with Crippen molar-refractivity contribution in [2.24, 2.45) is 5.10 Å². The van der Waals surface area contributed by atoms with Crippen LogP contribution in [0.25, 0.3) is 0 Å². The number of benzene rings is 2. The zero-order valence-corrected chi connectivity index (χ0v) is 13.1. The average molecular weight is 315 g/mol. The average Bonchev–Trinajstić information content (AvgIpc) is 2.70. The van der Waals surface area contributed by atoms with Crippen LogP contribution in [-0.2, 0) is 0 Å². The van der Waals surface area contributed by atoms with E-state index >= 15 is 0 Å². The quantitative estimate of drug-likeness (QED) is 0.804. The number of hydrazone groups is 1. The number of aromatic nitrogens is 1. The molecule has 2 aromatic carbocycles. The highest BCUT2D eigenvalue weighted by Gasteiger charge is 2.29. The van der Waals surface area contributed by atoms with Crippen molar-refractivity contribution >= 4 is 17.2 Å². The Morgan fingerprint density at radius 1 is 0.792 bits per heavy atom. The van der Waals surface area contributed by atoms with Gasteiger partial charge in [0.1, 0.15) is 0 Å². The molecule has 0 saturated carbocycles. The fraction of sp³-hybridized carbons (Fsp3) is 0.0526. The first kappa shape index (κ1) is 14.4. The molecule has 1 N–H and O–H groups in total. The van der Waals surface area contributed by atoms with Crippen LogP contribution in [0.4, 0.5) is 11.4 Å². The summed E-state index contributed by atoms with van der Waals surface area (Å²) in [6.45, 7) is 0.609. The van der Waals surface area contributed by atoms with Crippen molar-refractivity contribution in [3.63, 3.8) is 0 Å². The van der Waals surface area contributed by atoms with Crippen molar-refractivity contribution in [2.45, 2.75) is 0 Å². The van der Waals surface area contributed by atoms with Crippen molar-refractivity contribution in [1.82, 2.24) is 4.98 Å². The molecular weight excluding hydrogens is 298 g/mol. The lowest BCUT2D eigenvalue weighted by atomic mass is 10.2. The topological polar surface area (TPSA) is 47.3 Å². The molecule has 1 radical (unpaired) electrons. The maximum absolute atomic E-state index is 4.76. The lowest BCUT2D eigenvalue weighted by Gasteiger charge is -2.28. The standard InChI is InChI=1S/C19H17N5/c1-3-9-17(10-4-1)23-15-24(18-11-5-2-6-12-18)22-19(21-23)16-8-7-13-20-14-16/h1-14,21H,15H2/q+1. The van der Waals surface area contributed by atoms with Gasteiger partial charge in [-0.15, -0.1) is 10.1 Å².